The molecule has 3 aromatic rings. The average molecular weight is 313 g/mol. The summed E-state index contributed by atoms with van der Waals surface area (Å²) in [6, 6.07) is 9.92. The third-order valence-electron chi connectivity index (χ3n) is 3.26. The van der Waals surface area contributed by atoms with Crippen LogP contribution in [0.25, 0.3) is 22.6 Å². The Labute approximate surface area is 131 Å². The molecule has 0 aliphatic carbocycles. The lowest BCUT2D eigenvalue weighted by Crippen LogP contribution is -1.94. The van der Waals surface area contributed by atoms with Crippen LogP contribution in [0.3, 0.4) is 0 Å². The molecule has 2 heterocycles. The van der Waals surface area contributed by atoms with E-state index in [1.165, 1.54) is 12.1 Å². The van der Waals surface area contributed by atoms with Crippen molar-refractivity contribution in [3.63, 3.8) is 0 Å². The van der Waals surface area contributed by atoms with E-state index in [2.05, 4.69) is 16.0 Å². The summed E-state index contributed by atoms with van der Waals surface area (Å²) < 4.78 is 15.5. The number of pyridine rings is 1. The largest absolute Gasteiger partial charge is 0.333 e. The third-order valence-corrected chi connectivity index (χ3v) is 3.57. The highest BCUT2D eigenvalue weighted by Gasteiger charge is 2.16. The Hall–Kier alpha value is -2.71. The van der Waals surface area contributed by atoms with Gasteiger partial charge in [-0.25, -0.2) is 9.37 Å². The average Bonchev–Trinajstić information content (AvgIpc) is 2.92. The number of nitrogens with zero attached hydrogens (tertiary/aromatic N) is 4. The normalized spacial score (nSPS) is 10.5. The van der Waals surface area contributed by atoms with Crippen molar-refractivity contribution in [3.05, 3.63) is 59.3 Å². The van der Waals surface area contributed by atoms with Gasteiger partial charge in [-0.3, -0.25) is 4.98 Å². The molecule has 22 heavy (non-hydrogen) atoms. The molecule has 108 valence electrons. The Kier molecular flexibility index (Phi) is 3.61. The molecule has 0 amide bonds. The maximum Gasteiger partial charge on any atom is 0.142 e. The van der Waals surface area contributed by atoms with Gasteiger partial charge in [0.15, 0.2) is 0 Å². The van der Waals surface area contributed by atoms with Gasteiger partial charge < -0.3 is 4.57 Å². The second-order valence-electron chi connectivity index (χ2n) is 4.72. The zero-order valence-corrected chi connectivity index (χ0v) is 12.3. The molecular formula is C16H10ClFN4. The molecule has 0 atom stereocenters. The van der Waals surface area contributed by atoms with Crippen molar-refractivity contribution in [2.24, 2.45) is 7.05 Å². The molecule has 0 bridgehead atoms. The van der Waals surface area contributed by atoms with Gasteiger partial charge in [0.25, 0.3) is 0 Å². The van der Waals surface area contributed by atoms with Crippen LogP contribution in [0.15, 0.2) is 42.9 Å². The van der Waals surface area contributed by atoms with Gasteiger partial charge in [0, 0.05) is 18.8 Å². The highest BCUT2D eigenvalue weighted by Crippen LogP contribution is 2.31. The molecule has 0 fully saturated rings. The van der Waals surface area contributed by atoms with E-state index in [1.54, 1.807) is 35.3 Å². The highest BCUT2D eigenvalue weighted by atomic mass is 35.5. The van der Waals surface area contributed by atoms with Gasteiger partial charge in [0.05, 0.1) is 34.4 Å². The van der Waals surface area contributed by atoms with E-state index in [-0.39, 0.29) is 5.02 Å². The monoisotopic (exact) mass is 312 g/mol. The van der Waals surface area contributed by atoms with E-state index in [0.717, 1.165) is 0 Å². The van der Waals surface area contributed by atoms with Gasteiger partial charge in [-0.05, 0) is 24.3 Å². The molecule has 1 aromatic carbocycles. The fourth-order valence-electron chi connectivity index (χ4n) is 2.23. The standard InChI is InChI=1S/C16H10ClFN4/c1-22-9-21-15(14-6-10(8-19)4-5-20-14)16(22)11-2-3-12(17)13(18)7-11/h2-7,9H,1H3. The van der Waals surface area contributed by atoms with Crippen LogP contribution in [0.4, 0.5) is 4.39 Å². The predicted octanol–water partition coefficient (Wildman–Crippen LogP) is 3.81. The third kappa shape index (κ3) is 2.45. The van der Waals surface area contributed by atoms with Crippen molar-refractivity contribution in [2.75, 3.05) is 0 Å². The molecule has 0 aliphatic rings. The number of benzene rings is 1. The Balaban J connectivity index is 2.19. The topological polar surface area (TPSA) is 54.5 Å². The second-order valence-corrected chi connectivity index (χ2v) is 5.13. The summed E-state index contributed by atoms with van der Waals surface area (Å²) in [5.74, 6) is -0.495. The van der Waals surface area contributed by atoms with E-state index in [0.29, 0.717) is 28.2 Å². The Morgan fingerprint density at radius 2 is 2.05 bits per heavy atom. The van der Waals surface area contributed by atoms with Crippen molar-refractivity contribution >= 4 is 11.6 Å². The molecule has 0 saturated carbocycles. The minimum atomic E-state index is -0.495. The number of rotatable bonds is 2. The van der Waals surface area contributed by atoms with E-state index in [4.69, 9.17) is 16.9 Å². The molecule has 6 heteroatoms. The number of aromatic nitrogens is 3. The van der Waals surface area contributed by atoms with E-state index >= 15 is 0 Å². The van der Waals surface area contributed by atoms with Crippen LogP contribution in [0.1, 0.15) is 5.56 Å². The number of nitriles is 1. The minimum absolute atomic E-state index is 0.0667. The lowest BCUT2D eigenvalue weighted by Gasteiger charge is -2.07. The molecule has 0 radical (unpaired) electrons. The van der Waals surface area contributed by atoms with Gasteiger partial charge in [-0.2, -0.15) is 5.26 Å². The number of imidazole rings is 1. The highest BCUT2D eigenvalue weighted by molar-refractivity contribution is 6.30. The van der Waals surface area contributed by atoms with Gasteiger partial charge in [-0.15, -0.1) is 0 Å². The Morgan fingerprint density at radius 1 is 1.23 bits per heavy atom. The first-order valence-corrected chi connectivity index (χ1v) is 6.81. The van der Waals surface area contributed by atoms with Crippen LogP contribution in [0, 0.1) is 17.1 Å². The Bertz CT molecular complexity index is 895. The summed E-state index contributed by atoms with van der Waals surface area (Å²) >= 11 is 5.73. The number of halogens is 2. The Morgan fingerprint density at radius 3 is 2.77 bits per heavy atom. The summed E-state index contributed by atoms with van der Waals surface area (Å²) in [7, 11) is 1.81. The fourth-order valence-corrected chi connectivity index (χ4v) is 2.35. The lowest BCUT2D eigenvalue weighted by molar-refractivity contribution is 0.628. The van der Waals surface area contributed by atoms with Crippen molar-refractivity contribution in [2.45, 2.75) is 0 Å². The van der Waals surface area contributed by atoms with Crippen LogP contribution >= 0.6 is 11.6 Å². The number of hydrogen-bond acceptors (Lipinski definition) is 3. The van der Waals surface area contributed by atoms with Crippen LogP contribution < -0.4 is 0 Å². The smallest absolute Gasteiger partial charge is 0.142 e. The molecule has 2 aromatic heterocycles. The zero-order chi connectivity index (χ0) is 15.7. The fraction of sp³-hybridized carbons (Fsp3) is 0.0625. The zero-order valence-electron chi connectivity index (χ0n) is 11.6. The lowest BCUT2D eigenvalue weighted by atomic mass is 10.1. The van der Waals surface area contributed by atoms with Gasteiger partial charge in [0.1, 0.15) is 11.5 Å². The van der Waals surface area contributed by atoms with Crippen molar-refractivity contribution in [3.8, 4) is 28.7 Å². The predicted molar refractivity (Wildman–Crippen MR) is 81.6 cm³/mol. The summed E-state index contributed by atoms with van der Waals surface area (Å²) in [5, 5.41) is 9.07. The number of aryl methyl sites for hydroxylation is 1. The first kappa shape index (κ1) is 14.2. The molecule has 0 unspecified atom stereocenters. The molecular weight excluding hydrogens is 303 g/mol. The summed E-state index contributed by atoms with van der Waals surface area (Å²) in [4.78, 5) is 8.58. The van der Waals surface area contributed by atoms with Crippen LogP contribution in [0.2, 0.25) is 5.02 Å². The van der Waals surface area contributed by atoms with Crippen molar-refractivity contribution in [1.29, 1.82) is 5.26 Å². The maximum absolute atomic E-state index is 13.7. The molecule has 0 spiro atoms. The summed E-state index contributed by atoms with van der Waals surface area (Å²) in [6.07, 6.45) is 3.17. The van der Waals surface area contributed by atoms with Crippen LogP contribution in [0.5, 0.6) is 0 Å². The van der Waals surface area contributed by atoms with Crippen LogP contribution in [-0.2, 0) is 7.05 Å². The first-order chi connectivity index (χ1) is 10.6. The summed E-state index contributed by atoms with van der Waals surface area (Å²) in [6.45, 7) is 0. The van der Waals surface area contributed by atoms with E-state index < -0.39 is 5.82 Å². The summed E-state index contributed by atoms with van der Waals surface area (Å²) in [5.41, 5.74) is 2.98. The molecule has 0 N–H and O–H groups in total. The molecule has 3 rings (SSSR count). The first-order valence-electron chi connectivity index (χ1n) is 6.43. The molecule has 0 saturated heterocycles. The van der Waals surface area contributed by atoms with Crippen molar-refractivity contribution in [1.82, 2.24) is 14.5 Å². The van der Waals surface area contributed by atoms with Crippen LogP contribution in [-0.4, -0.2) is 14.5 Å². The quantitative estimate of drug-likeness (QED) is 0.723. The maximum atomic E-state index is 13.7. The van der Waals surface area contributed by atoms with Gasteiger partial charge in [-0.1, -0.05) is 17.7 Å². The van der Waals surface area contributed by atoms with Crippen molar-refractivity contribution < 1.29 is 4.39 Å². The van der Waals surface area contributed by atoms with Gasteiger partial charge >= 0.3 is 0 Å². The molecule has 0 aliphatic heterocycles. The SMILES string of the molecule is Cn1cnc(-c2cc(C#N)ccn2)c1-c1ccc(Cl)c(F)c1. The van der Waals surface area contributed by atoms with E-state index in [1.807, 2.05) is 7.05 Å². The molecule has 4 nitrogen and oxygen atoms in total. The minimum Gasteiger partial charge on any atom is -0.333 e. The van der Waals surface area contributed by atoms with Gasteiger partial charge in [0.2, 0.25) is 0 Å². The number of hydrogen-bond donors (Lipinski definition) is 0. The van der Waals surface area contributed by atoms with E-state index in [9.17, 15) is 4.39 Å². The second kappa shape index (κ2) is 5.58.